The summed E-state index contributed by atoms with van der Waals surface area (Å²) in [4.78, 5) is 18.8. The van der Waals surface area contributed by atoms with E-state index in [0.29, 0.717) is 12.0 Å². The zero-order valence-electron chi connectivity index (χ0n) is 10.9. The molecule has 1 aromatic carbocycles. The minimum absolute atomic E-state index is 0.277. The van der Waals surface area contributed by atoms with Crippen molar-refractivity contribution < 1.29 is 32.5 Å². The van der Waals surface area contributed by atoms with Crippen LogP contribution in [0.25, 0.3) is 0 Å². The molecule has 112 valence electrons. The maximum absolute atomic E-state index is 12.0. The van der Waals surface area contributed by atoms with Gasteiger partial charge in [-0.1, -0.05) is 43.7 Å². The highest BCUT2D eigenvalue weighted by Gasteiger charge is 2.42. The molecule has 1 rings (SSSR count). The van der Waals surface area contributed by atoms with Crippen LogP contribution in [-0.2, 0) is 19.3 Å². The van der Waals surface area contributed by atoms with Gasteiger partial charge in [0.2, 0.25) is 6.29 Å². The fourth-order valence-corrected chi connectivity index (χ4v) is 1.26. The summed E-state index contributed by atoms with van der Waals surface area (Å²) >= 11 is 0. The van der Waals surface area contributed by atoms with Gasteiger partial charge in [0.25, 0.3) is 0 Å². The Morgan fingerprint density at radius 2 is 1.90 bits per heavy atom. The van der Waals surface area contributed by atoms with Crippen LogP contribution in [-0.4, -0.2) is 18.8 Å². The normalized spacial score (nSPS) is 13.0. The van der Waals surface area contributed by atoms with Crippen molar-refractivity contribution in [1.29, 1.82) is 0 Å². The third kappa shape index (κ3) is 5.58. The van der Waals surface area contributed by atoms with Crippen LogP contribution in [0.5, 0.6) is 0 Å². The lowest BCUT2D eigenvalue weighted by atomic mass is 10.2. The quantitative estimate of drug-likeness (QED) is 0.334. The number of hydrogen-bond donors (Lipinski definition) is 0. The number of unbranched alkanes of at least 4 members (excludes halogenated alkanes) is 1. The van der Waals surface area contributed by atoms with Crippen molar-refractivity contribution in [3.8, 4) is 0 Å². The van der Waals surface area contributed by atoms with Gasteiger partial charge in [-0.2, -0.15) is 13.2 Å². The Labute approximate surface area is 114 Å². The Morgan fingerprint density at radius 3 is 2.45 bits per heavy atom. The summed E-state index contributed by atoms with van der Waals surface area (Å²) in [6, 6.07) is 8.26. The summed E-state index contributed by atoms with van der Waals surface area (Å²) < 4.78 is 41.3. The summed E-state index contributed by atoms with van der Waals surface area (Å²) in [5.41, 5.74) is 0.457. The molecule has 0 aromatic heterocycles. The smallest absolute Gasteiger partial charge is 0.345 e. The van der Waals surface area contributed by atoms with Crippen LogP contribution in [0.3, 0.4) is 0 Å². The molecule has 7 heteroatoms. The molecule has 0 fully saturated rings. The van der Waals surface area contributed by atoms with Crippen LogP contribution in [0.4, 0.5) is 13.2 Å². The fourth-order valence-electron chi connectivity index (χ4n) is 1.26. The number of ether oxygens (including phenoxy) is 1. The molecule has 1 unspecified atom stereocenters. The Bertz CT molecular complexity index is 406. The second kappa shape index (κ2) is 7.86. The van der Waals surface area contributed by atoms with Gasteiger partial charge in [-0.15, -0.1) is 4.89 Å². The minimum atomic E-state index is -5.11. The first-order valence-electron chi connectivity index (χ1n) is 6.06. The average Bonchev–Trinajstić information content (AvgIpc) is 2.42. The van der Waals surface area contributed by atoms with E-state index in [1.165, 1.54) is 0 Å². The Morgan fingerprint density at radius 1 is 1.25 bits per heavy atom. The predicted molar refractivity (Wildman–Crippen MR) is 63.3 cm³/mol. The highest BCUT2D eigenvalue weighted by atomic mass is 19.4. The number of carbonyl (C=O) groups excluding carboxylic acids is 1. The summed E-state index contributed by atoms with van der Waals surface area (Å²) in [6.07, 6.45) is -4.73. The Kier molecular flexibility index (Phi) is 6.47. The fraction of sp³-hybridized carbons (Fsp3) is 0.462. The maximum atomic E-state index is 12.0. The van der Waals surface area contributed by atoms with Gasteiger partial charge in [0.05, 0.1) is 6.61 Å². The van der Waals surface area contributed by atoms with Gasteiger partial charge in [0.1, 0.15) is 0 Å². The summed E-state index contributed by atoms with van der Waals surface area (Å²) in [7, 11) is 0. The van der Waals surface area contributed by atoms with Crippen molar-refractivity contribution in [3.05, 3.63) is 35.9 Å². The molecule has 0 saturated carbocycles. The monoisotopic (exact) mass is 292 g/mol. The van der Waals surface area contributed by atoms with Crippen LogP contribution in [0.15, 0.2) is 30.3 Å². The molecule has 0 aliphatic carbocycles. The molecule has 20 heavy (non-hydrogen) atoms. The van der Waals surface area contributed by atoms with Crippen molar-refractivity contribution in [1.82, 2.24) is 0 Å². The topological polar surface area (TPSA) is 44.8 Å². The van der Waals surface area contributed by atoms with E-state index in [4.69, 9.17) is 4.74 Å². The van der Waals surface area contributed by atoms with E-state index >= 15 is 0 Å². The molecule has 1 aromatic rings. The maximum Gasteiger partial charge on any atom is 0.494 e. The zero-order valence-corrected chi connectivity index (χ0v) is 10.9. The summed E-state index contributed by atoms with van der Waals surface area (Å²) in [5, 5.41) is 0. The Hall–Kier alpha value is -1.60. The van der Waals surface area contributed by atoms with Gasteiger partial charge in [-0.25, -0.2) is 4.79 Å². The van der Waals surface area contributed by atoms with Crippen molar-refractivity contribution in [3.63, 3.8) is 0 Å². The lowest BCUT2D eigenvalue weighted by molar-refractivity contribution is -0.370. The first-order chi connectivity index (χ1) is 9.45. The van der Waals surface area contributed by atoms with Crippen molar-refractivity contribution in [2.45, 2.75) is 32.2 Å². The van der Waals surface area contributed by atoms with E-state index < -0.39 is 18.4 Å². The molecule has 0 heterocycles. The number of carbonyl (C=O) groups is 1. The van der Waals surface area contributed by atoms with E-state index in [9.17, 15) is 18.0 Å². The molecule has 0 aliphatic rings. The lowest BCUT2D eigenvalue weighted by Gasteiger charge is -2.17. The standard InChI is InChI=1S/C13H15F3O4/c1-2-3-9-18-11(10-7-5-4-6-8-10)19-20-12(17)13(14,15)16/h4-8,11H,2-3,9H2,1H3. The summed E-state index contributed by atoms with van der Waals surface area (Å²) in [6.45, 7) is 2.21. The molecule has 0 N–H and O–H groups in total. The molecule has 0 bridgehead atoms. The first-order valence-corrected chi connectivity index (χ1v) is 6.06. The lowest BCUT2D eigenvalue weighted by Crippen LogP contribution is -2.26. The molecule has 0 spiro atoms. The van der Waals surface area contributed by atoms with E-state index in [0.717, 1.165) is 6.42 Å². The second-order valence-corrected chi connectivity index (χ2v) is 3.93. The SMILES string of the molecule is CCCCOC(OOC(=O)C(F)(F)F)c1ccccc1. The molecule has 0 radical (unpaired) electrons. The van der Waals surface area contributed by atoms with Gasteiger partial charge in [-0.05, 0) is 6.42 Å². The average molecular weight is 292 g/mol. The van der Waals surface area contributed by atoms with Crippen LogP contribution in [0.1, 0.15) is 31.6 Å². The molecular weight excluding hydrogens is 277 g/mol. The van der Waals surface area contributed by atoms with Crippen LogP contribution in [0, 0.1) is 0 Å². The molecule has 4 nitrogen and oxygen atoms in total. The number of hydrogen-bond acceptors (Lipinski definition) is 4. The van der Waals surface area contributed by atoms with Gasteiger partial charge in [0, 0.05) is 5.56 Å². The number of benzene rings is 1. The van der Waals surface area contributed by atoms with Crippen molar-refractivity contribution in [2.75, 3.05) is 6.61 Å². The summed E-state index contributed by atoms with van der Waals surface area (Å²) in [5.74, 6) is -2.42. The largest absolute Gasteiger partial charge is 0.494 e. The molecule has 0 saturated heterocycles. The third-order valence-electron chi connectivity index (χ3n) is 2.28. The molecule has 0 amide bonds. The van der Waals surface area contributed by atoms with Gasteiger partial charge < -0.3 is 4.74 Å². The second-order valence-electron chi connectivity index (χ2n) is 3.93. The highest BCUT2D eigenvalue weighted by molar-refractivity contribution is 5.74. The van der Waals surface area contributed by atoms with Crippen molar-refractivity contribution >= 4 is 5.97 Å². The third-order valence-corrected chi connectivity index (χ3v) is 2.28. The van der Waals surface area contributed by atoms with E-state index in [1.807, 2.05) is 6.92 Å². The first kappa shape index (κ1) is 16.5. The van der Waals surface area contributed by atoms with E-state index in [1.54, 1.807) is 30.3 Å². The van der Waals surface area contributed by atoms with Crippen LogP contribution >= 0.6 is 0 Å². The minimum Gasteiger partial charge on any atom is -0.345 e. The zero-order chi connectivity index (χ0) is 15.0. The number of alkyl halides is 3. The van der Waals surface area contributed by atoms with Crippen LogP contribution < -0.4 is 0 Å². The Balaban J connectivity index is 2.62. The van der Waals surface area contributed by atoms with E-state index in [2.05, 4.69) is 9.78 Å². The molecule has 0 aliphatic heterocycles. The van der Waals surface area contributed by atoms with Gasteiger partial charge in [-0.3, -0.25) is 4.89 Å². The highest BCUT2D eigenvalue weighted by Crippen LogP contribution is 2.22. The van der Waals surface area contributed by atoms with Gasteiger partial charge in [0.15, 0.2) is 0 Å². The molecule has 1 atom stereocenters. The van der Waals surface area contributed by atoms with E-state index in [-0.39, 0.29) is 6.61 Å². The van der Waals surface area contributed by atoms with Gasteiger partial charge >= 0.3 is 12.1 Å². The van der Waals surface area contributed by atoms with Crippen LogP contribution in [0.2, 0.25) is 0 Å². The predicted octanol–water partition coefficient (Wildman–Crippen LogP) is 3.54. The molecular formula is C13H15F3O4. The van der Waals surface area contributed by atoms with Crippen molar-refractivity contribution in [2.24, 2.45) is 0 Å². The number of rotatable bonds is 7. The number of halogens is 3.